The minimum absolute atomic E-state index is 0.196. The minimum Gasteiger partial charge on any atom is -0.298 e. The fourth-order valence-corrected chi connectivity index (χ4v) is 1.37. The van der Waals surface area contributed by atoms with Gasteiger partial charge in [-0.1, -0.05) is 20.8 Å². The van der Waals surface area contributed by atoms with Crippen LogP contribution < -0.4 is 0 Å². The van der Waals surface area contributed by atoms with E-state index in [0.717, 1.165) is 6.54 Å². The molecule has 76 valence electrons. The molecule has 1 rings (SSSR count). The molecule has 1 aliphatic heterocycles. The Hall–Kier alpha value is -0.440. The van der Waals surface area contributed by atoms with E-state index < -0.39 is 6.17 Å². The summed E-state index contributed by atoms with van der Waals surface area (Å²) >= 11 is 0. The van der Waals surface area contributed by atoms with Crippen molar-refractivity contribution in [1.82, 2.24) is 4.90 Å². The van der Waals surface area contributed by atoms with Gasteiger partial charge in [0.05, 0.1) is 6.54 Å². The highest BCUT2D eigenvalue weighted by molar-refractivity contribution is 5.85. The Morgan fingerprint density at radius 3 is 2.54 bits per heavy atom. The molecule has 3 heteroatoms. The summed E-state index contributed by atoms with van der Waals surface area (Å²) < 4.78 is 12.8. The normalized spacial score (nSPS) is 25.1. The highest BCUT2D eigenvalue weighted by Crippen LogP contribution is 2.18. The topological polar surface area (TPSA) is 20.3 Å². The van der Waals surface area contributed by atoms with Gasteiger partial charge >= 0.3 is 0 Å². The van der Waals surface area contributed by atoms with Crippen LogP contribution in [-0.2, 0) is 4.79 Å². The van der Waals surface area contributed by atoms with Gasteiger partial charge in [-0.05, 0) is 6.42 Å². The predicted octanol–water partition coefficient (Wildman–Crippen LogP) is 1.65. The van der Waals surface area contributed by atoms with E-state index in [-0.39, 0.29) is 11.2 Å². The molecule has 0 radical (unpaired) electrons. The third-order valence-corrected chi connectivity index (χ3v) is 2.42. The first kappa shape index (κ1) is 10.6. The molecule has 0 amide bonds. The smallest absolute Gasteiger partial charge is 0.152 e. The van der Waals surface area contributed by atoms with Gasteiger partial charge in [0.25, 0.3) is 0 Å². The zero-order valence-corrected chi connectivity index (χ0v) is 8.64. The lowest BCUT2D eigenvalue weighted by Crippen LogP contribution is -2.34. The molecule has 1 atom stereocenters. The lowest BCUT2D eigenvalue weighted by molar-refractivity contribution is -0.127. The molecule has 1 unspecified atom stereocenters. The van der Waals surface area contributed by atoms with Crippen LogP contribution in [0.5, 0.6) is 0 Å². The Morgan fingerprint density at radius 1 is 1.54 bits per heavy atom. The standard InChI is InChI=1S/C10H18FNO/c1-10(2,3)9(13)7-12-5-4-8(11)6-12/h8H,4-7H2,1-3H3. The van der Waals surface area contributed by atoms with Crippen molar-refractivity contribution in [2.75, 3.05) is 19.6 Å². The van der Waals surface area contributed by atoms with E-state index in [2.05, 4.69) is 0 Å². The van der Waals surface area contributed by atoms with Crippen LogP contribution in [0.15, 0.2) is 0 Å². The maximum absolute atomic E-state index is 12.8. The fraction of sp³-hybridized carbons (Fsp3) is 0.900. The van der Waals surface area contributed by atoms with Crippen LogP contribution in [0.2, 0.25) is 0 Å². The molecule has 1 saturated heterocycles. The van der Waals surface area contributed by atoms with Crippen molar-refractivity contribution >= 4 is 5.78 Å². The number of ketones is 1. The monoisotopic (exact) mass is 187 g/mol. The van der Waals surface area contributed by atoms with Crippen molar-refractivity contribution in [2.24, 2.45) is 5.41 Å². The molecular formula is C10H18FNO. The number of nitrogens with zero attached hydrogens (tertiary/aromatic N) is 1. The number of alkyl halides is 1. The number of likely N-dealkylation sites (tertiary alicyclic amines) is 1. The van der Waals surface area contributed by atoms with Gasteiger partial charge in [0.2, 0.25) is 0 Å². The molecule has 0 aromatic heterocycles. The highest BCUT2D eigenvalue weighted by atomic mass is 19.1. The first-order chi connectivity index (χ1) is 5.89. The SMILES string of the molecule is CC(C)(C)C(=O)CN1CCC(F)C1. The molecule has 0 saturated carbocycles. The molecule has 1 fully saturated rings. The lowest BCUT2D eigenvalue weighted by atomic mass is 9.90. The maximum atomic E-state index is 12.8. The lowest BCUT2D eigenvalue weighted by Gasteiger charge is -2.21. The molecular weight excluding hydrogens is 169 g/mol. The number of rotatable bonds is 2. The van der Waals surface area contributed by atoms with E-state index in [1.165, 1.54) is 0 Å². The van der Waals surface area contributed by atoms with Crippen LogP contribution in [0.4, 0.5) is 4.39 Å². The Labute approximate surface area is 79.1 Å². The number of hydrogen-bond acceptors (Lipinski definition) is 2. The Kier molecular flexibility index (Phi) is 3.06. The minimum atomic E-state index is -0.729. The Morgan fingerprint density at radius 2 is 2.15 bits per heavy atom. The third kappa shape index (κ3) is 3.07. The molecule has 0 N–H and O–H groups in total. The average molecular weight is 187 g/mol. The van der Waals surface area contributed by atoms with Crippen LogP contribution in [0, 0.1) is 5.41 Å². The zero-order chi connectivity index (χ0) is 10.1. The van der Waals surface area contributed by atoms with Crippen molar-refractivity contribution in [3.8, 4) is 0 Å². The molecule has 0 bridgehead atoms. The van der Waals surface area contributed by atoms with E-state index in [4.69, 9.17) is 0 Å². The van der Waals surface area contributed by atoms with Crippen molar-refractivity contribution < 1.29 is 9.18 Å². The quantitative estimate of drug-likeness (QED) is 0.655. The van der Waals surface area contributed by atoms with Crippen LogP contribution >= 0.6 is 0 Å². The number of Topliss-reactive ketones (excluding diaryl/α,β-unsaturated/α-hetero) is 1. The molecule has 13 heavy (non-hydrogen) atoms. The Bertz CT molecular complexity index is 198. The second-order valence-corrected chi connectivity index (χ2v) is 4.79. The van der Waals surface area contributed by atoms with Gasteiger partial charge < -0.3 is 0 Å². The van der Waals surface area contributed by atoms with Crippen molar-refractivity contribution in [3.05, 3.63) is 0 Å². The maximum Gasteiger partial charge on any atom is 0.152 e. The molecule has 0 aliphatic carbocycles. The Balaban J connectivity index is 2.37. The van der Waals surface area contributed by atoms with Gasteiger partial charge in [0.1, 0.15) is 6.17 Å². The first-order valence-corrected chi connectivity index (χ1v) is 4.79. The number of hydrogen-bond donors (Lipinski definition) is 0. The third-order valence-electron chi connectivity index (χ3n) is 2.42. The second kappa shape index (κ2) is 3.74. The zero-order valence-electron chi connectivity index (χ0n) is 8.64. The first-order valence-electron chi connectivity index (χ1n) is 4.79. The summed E-state index contributed by atoms with van der Waals surface area (Å²) in [5, 5.41) is 0. The van der Waals surface area contributed by atoms with E-state index in [9.17, 15) is 9.18 Å². The van der Waals surface area contributed by atoms with Crippen LogP contribution in [0.25, 0.3) is 0 Å². The summed E-state index contributed by atoms with van der Waals surface area (Å²) in [7, 11) is 0. The van der Waals surface area contributed by atoms with E-state index in [1.54, 1.807) is 0 Å². The van der Waals surface area contributed by atoms with Gasteiger partial charge in [-0.15, -0.1) is 0 Å². The van der Waals surface area contributed by atoms with E-state index in [0.29, 0.717) is 19.5 Å². The van der Waals surface area contributed by atoms with Gasteiger partial charge in [-0.2, -0.15) is 0 Å². The predicted molar refractivity (Wildman–Crippen MR) is 50.4 cm³/mol. The van der Waals surface area contributed by atoms with E-state index >= 15 is 0 Å². The van der Waals surface area contributed by atoms with Crippen LogP contribution in [-0.4, -0.2) is 36.5 Å². The number of carbonyl (C=O) groups excluding carboxylic acids is 1. The fourth-order valence-electron chi connectivity index (χ4n) is 1.37. The molecule has 0 aromatic rings. The highest BCUT2D eigenvalue weighted by Gasteiger charge is 2.27. The summed E-state index contributed by atoms with van der Waals surface area (Å²) in [5.74, 6) is 0.196. The summed E-state index contributed by atoms with van der Waals surface area (Å²) in [6.45, 7) is 7.27. The van der Waals surface area contributed by atoms with Crippen molar-refractivity contribution in [2.45, 2.75) is 33.4 Å². The van der Waals surface area contributed by atoms with Gasteiger partial charge in [-0.25, -0.2) is 4.39 Å². The molecule has 1 aliphatic rings. The van der Waals surface area contributed by atoms with Crippen LogP contribution in [0.3, 0.4) is 0 Å². The van der Waals surface area contributed by atoms with Gasteiger partial charge in [0.15, 0.2) is 5.78 Å². The van der Waals surface area contributed by atoms with Gasteiger partial charge in [0, 0.05) is 18.5 Å². The molecule has 0 aromatic carbocycles. The summed E-state index contributed by atoms with van der Waals surface area (Å²) in [4.78, 5) is 13.5. The molecule has 1 heterocycles. The summed E-state index contributed by atoms with van der Waals surface area (Å²) in [6.07, 6.45) is -0.148. The van der Waals surface area contributed by atoms with Crippen molar-refractivity contribution in [3.63, 3.8) is 0 Å². The van der Waals surface area contributed by atoms with Gasteiger partial charge in [-0.3, -0.25) is 9.69 Å². The second-order valence-electron chi connectivity index (χ2n) is 4.79. The molecule has 0 spiro atoms. The summed E-state index contributed by atoms with van der Waals surface area (Å²) in [5.41, 5.74) is -0.297. The van der Waals surface area contributed by atoms with E-state index in [1.807, 2.05) is 25.7 Å². The van der Waals surface area contributed by atoms with Crippen LogP contribution in [0.1, 0.15) is 27.2 Å². The van der Waals surface area contributed by atoms with Crippen molar-refractivity contribution in [1.29, 1.82) is 0 Å². The number of halogens is 1. The number of carbonyl (C=O) groups is 1. The largest absolute Gasteiger partial charge is 0.298 e. The summed E-state index contributed by atoms with van der Waals surface area (Å²) in [6, 6.07) is 0. The molecule has 2 nitrogen and oxygen atoms in total. The average Bonchev–Trinajstić information content (AvgIpc) is 2.33.